The Labute approximate surface area is 164 Å². The number of nitrogens with zero attached hydrogens (tertiary/aromatic N) is 4. The van der Waals surface area contributed by atoms with Crippen LogP contribution in [0.5, 0.6) is 0 Å². The number of allylic oxidation sites excluding steroid dienone is 1. The SMILES string of the molecule is NC(=O)C1c2nnc(C(F)(F)F)n2CCN1C(=O)/C=[C]/Cc1cc(F)c(F)cc1F. The zero-order chi connectivity index (χ0) is 22.2. The minimum absolute atomic E-state index is 0.280. The van der Waals surface area contributed by atoms with Crippen molar-refractivity contribution in [3.05, 3.63) is 58.9 Å². The number of hydrogen-bond acceptors (Lipinski definition) is 4. The Morgan fingerprint density at radius 2 is 1.80 bits per heavy atom. The fourth-order valence-corrected chi connectivity index (χ4v) is 2.97. The topological polar surface area (TPSA) is 94.1 Å². The number of fused-ring (bicyclic) bond motifs is 1. The van der Waals surface area contributed by atoms with E-state index in [0.717, 1.165) is 11.0 Å². The summed E-state index contributed by atoms with van der Waals surface area (Å²) in [5.41, 5.74) is 4.96. The third-order valence-corrected chi connectivity index (χ3v) is 4.31. The molecule has 0 saturated carbocycles. The molecule has 0 saturated heterocycles. The lowest BCUT2D eigenvalue weighted by Crippen LogP contribution is -2.47. The molecule has 3 rings (SSSR count). The van der Waals surface area contributed by atoms with Crippen molar-refractivity contribution < 1.29 is 35.9 Å². The fourth-order valence-electron chi connectivity index (χ4n) is 2.97. The molecule has 1 aromatic heterocycles. The van der Waals surface area contributed by atoms with Crippen LogP contribution in [0, 0.1) is 23.5 Å². The molecule has 1 aliphatic rings. The molecule has 0 aliphatic carbocycles. The highest BCUT2D eigenvalue weighted by molar-refractivity contribution is 5.92. The second-order valence-corrected chi connectivity index (χ2v) is 6.25. The van der Waals surface area contributed by atoms with Gasteiger partial charge in [-0.3, -0.25) is 9.59 Å². The number of halogens is 6. The van der Waals surface area contributed by atoms with Gasteiger partial charge in [0.05, 0.1) is 0 Å². The van der Waals surface area contributed by atoms with Crippen molar-refractivity contribution in [2.45, 2.75) is 25.2 Å². The van der Waals surface area contributed by atoms with Gasteiger partial charge >= 0.3 is 6.18 Å². The molecule has 0 bridgehead atoms. The van der Waals surface area contributed by atoms with E-state index in [0.29, 0.717) is 16.7 Å². The highest BCUT2D eigenvalue weighted by atomic mass is 19.4. The van der Waals surface area contributed by atoms with Crippen LogP contribution >= 0.6 is 0 Å². The summed E-state index contributed by atoms with van der Waals surface area (Å²) in [6, 6.07) is -0.676. The van der Waals surface area contributed by atoms with Crippen molar-refractivity contribution in [2.24, 2.45) is 5.73 Å². The largest absolute Gasteiger partial charge is 0.451 e. The van der Waals surface area contributed by atoms with Crippen molar-refractivity contribution in [1.29, 1.82) is 0 Å². The summed E-state index contributed by atoms with van der Waals surface area (Å²) in [7, 11) is 0. The Morgan fingerprint density at radius 3 is 2.43 bits per heavy atom. The van der Waals surface area contributed by atoms with Crippen LogP contribution in [0.3, 0.4) is 0 Å². The van der Waals surface area contributed by atoms with Gasteiger partial charge in [0.15, 0.2) is 23.5 Å². The van der Waals surface area contributed by atoms with E-state index in [1.54, 1.807) is 0 Å². The van der Waals surface area contributed by atoms with Gasteiger partial charge < -0.3 is 15.2 Å². The lowest BCUT2D eigenvalue weighted by Gasteiger charge is -2.33. The Kier molecular flexibility index (Phi) is 5.55. The predicted molar refractivity (Wildman–Crippen MR) is 86.5 cm³/mol. The maximum atomic E-state index is 13.6. The zero-order valence-electron chi connectivity index (χ0n) is 14.9. The first-order valence-electron chi connectivity index (χ1n) is 8.31. The van der Waals surface area contributed by atoms with Crippen LogP contribution in [0.2, 0.25) is 0 Å². The molecule has 13 heteroatoms. The number of aromatic nitrogens is 3. The highest BCUT2D eigenvalue weighted by Crippen LogP contribution is 2.32. The molecule has 2 heterocycles. The monoisotopic (exact) mass is 432 g/mol. The summed E-state index contributed by atoms with van der Waals surface area (Å²) in [6.45, 7) is -0.670. The molecular weight excluding hydrogens is 420 g/mol. The molecule has 0 spiro atoms. The number of rotatable bonds is 4. The molecule has 0 fully saturated rings. The highest BCUT2D eigenvalue weighted by Gasteiger charge is 2.44. The fraction of sp³-hybridized carbons (Fsp3) is 0.294. The van der Waals surface area contributed by atoms with E-state index in [-0.39, 0.29) is 18.7 Å². The second-order valence-electron chi connectivity index (χ2n) is 6.25. The van der Waals surface area contributed by atoms with Gasteiger partial charge in [-0.2, -0.15) is 13.2 Å². The van der Waals surface area contributed by atoms with Gasteiger partial charge in [-0.05, 0) is 17.7 Å². The van der Waals surface area contributed by atoms with Gasteiger partial charge in [-0.25, -0.2) is 13.2 Å². The van der Waals surface area contributed by atoms with E-state index in [1.165, 1.54) is 0 Å². The first-order chi connectivity index (χ1) is 14.0. The molecule has 1 aliphatic heterocycles. The number of hydrogen-bond donors (Lipinski definition) is 1. The quantitative estimate of drug-likeness (QED) is 0.452. The average Bonchev–Trinajstić information content (AvgIpc) is 3.09. The Bertz CT molecular complexity index is 1030. The third kappa shape index (κ3) is 4.00. The average molecular weight is 432 g/mol. The van der Waals surface area contributed by atoms with E-state index < -0.39 is 59.6 Å². The maximum absolute atomic E-state index is 13.6. The number of benzene rings is 1. The molecule has 1 atom stereocenters. The molecular formula is C17H12F6N5O2. The molecule has 1 radical (unpaired) electrons. The van der Waals surface area contributed by atoms with Gasteiger partial charge in [0.1, 0.15) is 5.82 Å². The molecule has 2 N–H and O–H groups in total. The lowest BCUT2D eigenvalue weighted by molar-refractivity contribution is -0.149. The van der Waals surface area contributed by atoms with Crippen LogP contribution < -0.4 is 5.73 Å². The minimum Gasteiger partial charge on any atom is -0.367 e. The normalized spacial score (nSPS) is 16.7. The summed E-state index contributed by atoms with van der Waals surface area (Å²) in [5.74, 6) is -7.50. The zero-order valence-corrected chi connectivity index (χ0v) is 14.9. The van der Waals surface area contributed by atoms with Crippen molar-refractivity contribution in [3.8, 4) is 0 Å². The summed E-state index contributed by atoms with van der Waals surface area (Å²) < 4.78 is 79.4. The van der Waals surface area contributed by atoms with Crippen LogP contribution in [0.1, 0.15) is 23.3 Å². The smallest absolute Gasteiger partial charge is 0.367 e. The number of carbonyl (C=O) groups excluding carboxylic acids is 2. The van der Waals surface area contributed by atoms with Crippen molar-refractivity contribution in [1.82, 2.24) is 19.7 Å². The molecule has 30 heavy (non-hydrogen) atoms. The summed E-state index contributed by atoms with van der Waals surface area (Å²) in [5, 5.41) is 6.38. The van der Waals surface area contributed by atoms with Gasteiger partial charge in [0.2, 0.25) is 17.6 Å². The van der Waals surface area contributed by atoms with E-state index in [1.807, 2.05) is 0 Å². The van der Waals surface area contributed by atoms with Crippen molar-refractivity contribution >= 4 is 11.8 Å². The van der Waals surface area contributed by atoms with E-state index >= 15 is 0 Å². The molecule has 159 valence electrons. The molecule has 1 aromatic carbocycles. The number of carbonyl (C=O) groups is 2. The molecule has 7 nitrogen and oxygen atoms in total. The van der Waals surface area contributed by atoms with Crippen LogP contribution in [0.4, 0.5) is 26.3 Å². The van der Waals surface area contributed by atoms with Crippen LogP contribution in [0.25, 0.3) is 0 Å². The van der Waals surface area contributed by atoms with Gasteiger partial charge in [0.25, 0.3) is 0 Å². The van der Waals surface area contributed by atoms with Crippen LogP contribution in [0.15, 0.2) is 18.2 Å². The Hall–Kier alpha value is -3.38. The first kappa shape index (κ1) is 21.3. The van der Waals surface area contributed by atoms with E-state index in [4.69, 9.17) is 5.73 Å². The maximum Gasteiger partial charge on any atom is 0.451 e. The summed E-state index contributed by atoms with van der Waals surface area (Å²) >= 11 is 0. The van der Waals surface area contributed by atoms with Gasteiger partial charge in [-0.1, -0.05) is 0 Å². The van der Waals surface area contributed by atoms with Crippen molar-refractivity contribution in [3.63, 3.8) is 0 Å². The van der Waals surface area contributed by atoms with Crippen molar-refractivity contribution in [2.75, 3.05) is 6.54 Å². The Morgan fingerprint density at radius 1 is 1.13 bits per heavy atom. The summed E-state index contributed by atoms with van der Waals surface area (Å²) in [4.78, 5) is 25.1. The standard InChI is InChI=1S/C17H12F6N5O2/c18-9-7-11(20)10(19)6-8(9)2-1-3-12(29)27-4-5-28-15(13(27)14(24)30)25-26-16(28)17(21,22)23/h3,6-7,13H,2,4-5H2,(H2,24,30). The number of amides is 2. The second kappa shape index (κ2) is 7.80. The van der Waals surface area contributed by atoms with Crippen LogP contribution in [-0.4, -0.2) is 38.0 Å². The van der Waals surface area contributed by atoms with Gasteiger partial charge in [-0.15, -0.1) is 10.2 Å². The van der Waals surface area contributed by atoms with Crippen LogP contribution in [-0.2, 0) is 28.7 Å². The lowest BCUT2D eigenvalue weighted by atomic mass is 10.1. The minimum atomic E-state index is -4.82. The molecule has 2 amide bonds. The van der Waals surface area contributed by atoms with Gasteiger partial charge in [0, 0.05) is 31.7 Å². The van der Waals surface area contributed by atoms with E-state index in [2.05, 4.69) is 16.3 Å². The number of primary amides is 1. The third-order valence-electron chi connectivity index (χ3n) is 4.31. The number of alkyl halides is 3. The predicted octanol–water partition coefficient (Wildman–Crippen LogP) is 1.68. The summed E-state index contributed by atoms with van der Waals surface area (Å²) in [6.07, 6.45) is -2.04. The first-order valence-corrected chi connectivity index (χ1v) is 8.31. The molecule has 1 unspecified atom stereocenters. The van der Waals surface area contributed by atoms with E-state index in [9.17, 15) is 35.9 Å². The Balaban J connectivity index is 1.81. The number of nitrogens with two attached hydrogens (primary N) is 1. The molecule has 2 aromatic rings.